The maximum Gasteiger partial charge on any atom is 0.0720 e. The fourth-order valence-corrected chi connectivity index (χ4v) is 2.81. The summed E-state index contributed by atoms with van der Waals surface area (Å²) >= 11 is 12.3. The number of piperazine rings is 1. The first-order chi connectivity index (χ1) is 9.06. The van der Waals surface area contributed by atoms with Crippen LogP contribution in [-0.4, -0.2) is 56.1 Å². The Hall–Kier alpha value is -0.680. The van der Waals surface area contributed by atoms with Gasteiger partial charge in [-0.15, -0.1) is 0 Å². The standard InChI is InChI=1S/C13H20Cl2N4/c1-18-4-6-19(7-5-18)3-2-17-13-11(14)8-10(16)9-12(13)15/h8-9,17H,2-7,16H2,1H3. The summed E-state index contributed by atoms with van der Waals surface area (Å²) in [6.45, 7) is 6.30. The normalized spacial score (nSPS) is 17.6. The van der Waals surface area contributed by atoms with Crippen LogP contribution in [0, 0.1) is 0 Å². The van der Waals surface area contributed by atoms with Gasteiger partial charge in [0.25, 0.3) is 0 Å². The van der Waals surface area contributed by atoms with E-state index >= 15 is 0 Å². The minimum absolute atomic E-state index is 0.573. The Labute approximate surface area is 124 Å². The molecule has 0 amide bonds. The van der Waals surface area contributed by atoms with Gasteiger partial charge in [-0.1, -0.05) is 23.2 Å². The van der Waals surface area contributed by atoms with E-state index in [1.165, 1.54) is 0 Å². The summed E-state index contributed by atoms with van der Waals surface area (Å²) in [6.07, 6.45) is 0. The third-order valence-electron chi connectivity index (χ3n) is 3.39. The molecule has 1 aliphatic rings. The van der Waals surface area contributed by atoms with Gasteiger partial charge in [-0.05, 0) is 19.2 Å². The first-order valence-electron chi connectivity index (χ1n) is 6.45. The van der Waals surface area contributed by atoms with Gasteiger partial charge >= 0.3 is 0 Å². The highest BCUT2D eigenvalue weighted by Crippen LogP contribution is 2.32. The quantitative estimate of drug-likeness (QED) is 0.837. The number of hydrogen-bond acceptors (Lipinski definition) is 4. The molecule has 0 unspecified atom stereocenters. The molecule has 0 bridgehead atoms. The van der Waals surface area contributed by atoms with Crippen molar-refractivity contribution in [3.05, 3.63) is 22.2 Å². The van der Waals surface area contributed by atoms with Crippen LogP contribution in [0.25, 0.3) is 0 Å². The summed E-state index contributed by atoms with van der Waals surface area (Å²) in [5, 5.41) is 4.44. The van der Waals surface area contributed by atoms with Crippen LogP contribution >= 0.6 is 23.2 Å². The molecule has 1 heterocycles. The van der Waals surface area contributed by atoms with Crippen LogP contribution in [0.3, 0.4) is 0 Å². The van der Waals surface area contributed by atoms with Crippen LogP contribution in [-0.2, 0) is 0 Å². The van der Waals surface area contributed by atoms with Crippen molar-refractivity contribution in [2.75, 3.05) is 57.4 Å². The van der Waals surface area contributed by atoms with E-state index in [1.54, 1.807) is 12.1 Å². The highest BCUT2D eigenvalue weighted by Gasteiger charge is 2.13. The predicted octanol–water partition coefficient (Wildman–Crippen LogP) is 2.23. The van der Waals surface area contributed by atoms with Gasteiger partial charge in [0.05, 0.1) is 15.7 Å². The van der Waals surface area contributed by atoms with Crippen LogP contribution in [0.15, 0.2) is 12.1 Å². The van der Waals surface area contributed by atoms with Gasteiger partial charge in [0.1, 0.15) is 0 Å². The van der Waals surface area contributed by atoms with Crippen molar-refractivity contribution >= 4 is 34.6 Å². The Kier molecular flexibility index (Phi) is 5.16. The molecule has 0 spiro atoms. The lowest BCUT2D eigenvalue weighted by Gasteiger charge is -2.32. The molecule has 0 atom stereocenters. The molecule has 1 aromatic carbocycles. The van der Waals surface area contributed by atoms with E-state index in [9.17, 15) is 0 Å². The van der Waals surface area contributed by atoms with Gasteiger partial charge in [-0.3, -0.25) is 4.90 Å². The summed E-state index contributed by atoms with van der Waals surface area (Å²) in [5.41, 5.74) is 7.03. The minimum atomic E-state index is 0.573. The van der Waals surface area contributed by atoms with Gasteiger partial charge < -0.3 is 16.0 Å². The lowest BCUT2D eigenvalue weighted by atomic mass is 10.2. The number of rotatable bonds is 4. The molecule has 0 aromatic heterocycles. The van der Waals surface area contributed by atoms with Crippen molar-refractivity contribution in [2.24, 2.45) is 0 Å². The third kappa shape index (κ3) is 4.14. The Bertz CT molecular complexity index is 408. The summed E-state index contributed by atoms with van der Waals surface area (Å²) in [7, 11) is 2.16. The van der Waals surface area contributed by atoms with E-state index in [4.69, 9.17) is 28.9 Å². The molecule has 1 aromatic rings. The Morgan fingerprint density at radius 3 is 2.32 bits per heavy atom. The van der Waals surface area contributed by atoms with Crippen molar-refractivity contribution in [3.8, 4) is 0 Å². The average Bonchev–Trinajstić information content (AvgIpc) is 2.34. The number of nitrogens with one attached hydrogen (secondary N) is 1. The number of benzene rings is 1. The molecular formula is C13H20Cl2N4. The number of likely N-dealkylation sites (N-methyl/N-ethyl adjacent to an activating group) is 1. The minimum Gasteiger partial charge on any atom is -0.399 e. The molecule has 2 rings (SSSR count). The van der Waals surface area contributed by atoms with Gasteiger partial charge in [-0.2, -0.15) is 0 Å². The molecule has 3 N–H and O–H groups in total. The van der Waals surface area contributed by atoms with E-state index in [0.29, 0.717) is 15.7 Å². The van der Waals surface area contributed by atoms with E-state index in [0.717, 1.165) is 45.0 Å². The van der Waals surface area contributed by atoms with E-state index in [-0.39, 0.29) is 0 Å². The number of anilines is 2. The predicted molar refractivity (Wildman–Crippen MR) is 83.3 cm³/mol. The smallest absolute Gasteiger partial charge is 0.0720 e. The molecule has 6 heteroatoms. The fraction of sp³-hybridized carbons (Fsp3) is 0.538. The highest BCUT2D eigenvalue weighted by atomic mass is 35.5. The molecule has 1 fully saturated rings. The Morgan fingerprint density at radius 1 is 1.16 bits per heavy atom. The fourth-order valence-electron chi connectivity index (χ4n) is 2.17. The van der Waals surface area contributed by atoms with Crippen LogP contribution in [0.4, 0.5) is 11.4 Å². The summed E-state index contributed by atoms with van der Waals surface area (Å²) in [4.78, 5) is 4.78. The number of nitrogens with two attached hydrogens (primary N) is 1. The molecule has 0 radical (unpaired) electrons. The zero-order valence-corrected chi connectivity index (χ0v) is 12.6. The molecule has 1 saturated heterocycles. The van der Waals surface area contributed by atoms with Crippen molar-refractivity contribution in [1.82, 2.24) is 9.80 Å². The SMILES string of the molecule is CN1CCN(CCNc2c(Cl)cc(N)cc2Cl)CC1. The lowest BCUT2D eigenvalue weighted by molar-refractivity contribution is 0.158. The van der Waals surface area contributed by atoms with Gasteiger partial charge in [0, 0.05) is 45.0 Å². The summed E-state index contributed by atoms with van der Waals surface area (Å²) in [5.74, 6) is 0. The summed E-state index contributed by atoms with van der Waals surface area (Å²) in [6, 6.07) is 3.43. The van der Waals surface area contributed by atoms with Gasteiger partial charge in [-0.25, -0.2) is 0 Å². The van der Waals surface area contributed by atoms with E-state index in [2.05, 4.69) is 22.2 Å². The molecule has 4 nitrogen and oxygen atoms in total. The van der Waals surface area contributed by atoms with Crippen LogP contribution < -0.4 is 11.1 Å². The van der Waals surface area contributed by atoms with Gasteiger partial charge in [0.15, 0.2) is 0 Å². The largest absolute Gasteiger partial charge is 0.399 e. The van der Waals surface area contributed by atoms with Crippen LogP contribution in [0.2, 0.25) is 10.0 Å². The Morgan fingerprint density at radius 2 is 1.74 bits per heavy atom. The second-order valence-corrected chi connectivity index (χ2v) is 5.75. The van der Waals surface area contributed by atoms with Crippen molar-refractivity contribution in [3.63, 3.8) is 0 Å². The molecule has 0 saturated carbocycles. The van der Waals surface area contributed by atoms with Crippen LogP contribution in [0.5, 0.6) is 0 Å². The molecule has 106 valence electrons. The number of nitrogen functional groups attached to an aromatic ring is 1. The first kappa shape index (κ1) is 14.7. The van der Waals surface area contributed by atoms with Crippen molar-refractivity contribution in [2.45, 2.75) is 0 Å². The maximum atomic E-state index is 6.13. The van der Waals surface area contributed by atoms with Crippen molar-refractivity contribution < 1.29 is 0 Å². The highest BCUT2D eigenvalue weighted by molar-refractivity contribution is 6.39. The number of nitrogens with zero attached hydrogens (tertiary/aromatic N) is 2. The lowest BCUT2D eigenvalue weighted by Crippen LogP contribution is -2.45. The Balaban J connectivity index is 1.83. The van der Waals surface area contributed by atoms with Gasteiger partial charge in [0.2, 0.25) is 0 Å². The average molecular weight is 303 g/mol. The van der Waals surface area contributed by atoms with E-state index < -0.39 is 0 Å². The molecule has 1 aliphatic heterocycles. The van der Waals surface area contributed by atoms with E-state index in [1.807, 2.05) is 0 Å². The topological polar surface area (TPSA) is 44.5 Å². The number of halogens is 2. The molecule has 19 heavy (non-hydrogen) atoms. The van der Waals surface area contributed by atoms with Crippen molar-refractivity contribution in [1.29, 1.82) is 0 Å². The summed E-state index contributed by atoms with van der Waals surface area (Å²) < 4.78 is 0. The first-order valence-corrected chi connectivity index (χ1v) is 7.21. The third-order valence-corrected chi connectivity index (χ3v) is 3.99. The maximum absolute atomic E-state index is 6.13. The molecular weight excluding hydrogens is 283 g/mol. The zero-order valence-electron chi connectivity index (χ0n) is 11.1. The second kappa shape index (κ2) is 6.66. The molecule has 0 aliphatic carbocycles. The monoisotopic (exact) mass is 302 g/mol. The zero-order chi connectivity index (χ0) is 13.8. The number of hydrogen-bond donors (Lipinski definition) is 2. The van der Waals surface area contributed by atoms with Crippen LogP contribution in [0.1, 0.15) is 0 Å². The second-order valence-electron chi connectivity index (χ2n) is 4.93.